The average Bonchev–Trinajstić information content (AvgIpc) is 3.86. The number of nitrogens with one attached hydrogen (secondary N) is 6. The zero-order valence-electron chi connectivity index (χ0n) is 32.9. The Labute approximate surface area is 332 Å². The maximum Gasteiger partial charge on any atom is 0.408 e. The molecule has 0 saturated carbocycles. The van der Waals surface area contributed by atoms with E-state index < -0.39 is 65.7 Å². The molecule has 7 amide bonds. The van der Waals surface area contributed by atoms with Crippen molar-refractivity contribution in [3.63, 3.8) is 0 Å². The van der Waals surface area contributed by atoms with E-state index in [-0.39, 0.29) is 50.7 Å². The molecule has 1 aliphatic rings. The van der Waals surface area contributed by atoms with E-state index in [9.17, 15) is 33.6 Å². The summed E-state index contributed by atoms with van der Waals surface area (Å²) in [6, 6.07) is 13.5. The van der Waals surface area contributed by atoms with Gasteiger partial charge in [0.15, 0.2) is 0 Å². The molecule has 0 bridgehead atoms. The van der Waals surface area contributed by atoms with Crippen molar-refractivity contribution in [2.45, 2.75) is 97.0 Å². The molecule has 2 heterocycles. The van der Waals surface area contributed by atoms with Crippen LogP contribution in [-0.4, -0.2) is 93.7 Å². The number of benzene rings is 2. The lowest BCUT2D eigenvalue weighted by molar-refractivity contribution is -0.137. The van der Waals surface area contributed by atoms with Gasteiger partial charge in [0.05, 0.1) is 6.33 Å². The molecule has 0 unspecified atom stereocenters. The van der Waals surface area contributed by atoms with E-state index in [1.165, 1.54) is 12.5 Å². The van der Waals surface area contributed by atoms with Gasteiger partial charge in [-0.15, -0.1) is 0 Å². The second-order valence-electron chi connectivity index (χ2n) is 14.9. The minimum atomic E-state index is -1.23. The molecule has 57 heavy (non-hydrogen) atoms. The standard InChI is InChI=1S/C41H54N8O8/c1-26(2)20-31(39(54)48-36(27(3)4)40(55)47-34(50)17-19-49-18-11-16-35(49)51)44-38(53)33(22-30-23-42-25-43-30)45-37(52)32(21-28-12-7-5-8-13-28)46-41(56)57-24-29-14-9-6-10-15-29/h5-10,12-15,23,25-27,31-33,36H,11,16-22,24H2,1-4H3,(H,42,43)(H,44,53)(H,45,52)(H,46,56)(H,48,54)(H,47,50,55)/t31-,32-,33-,36-/m0/s1. The summed E-state index contributed by atoms with van der Waals surface area (Å²) in [5.41, 5.74) is 2.02. The number of imidazole rings is 1. The molecule has 3 aromatic rings. The topological polar surface area (TPSA) is 221 Å². The predicted molar refractivity (Wildman–Crippen MR) is 210 cm³/mol. The molecule has 4 rings (SSSR count). The molecule has 0 radical (unpaired) electrons. The fourth-order valence-electron chi connectivity index (χ4n) is 6.28. The van der Waals surface area contributed by atoms with Crippen molar-refractivity contribution in [2.24, 2.45) is 11.8 Å². The van der Waals surface area contributed by atoms with Crippen LogP contribution in [0.1, 0.15) is 70.2 Å². The summed E-state index contributed by atoms with van der Waals surface area (Å²) in [7, 11) is 0. The van der Waals surface area contributed by atoms with E-state index in [4.69, 9.17) is 4.74 Å². The average molecular weight is 787 g/mol. The van der Waals surface area contributed by atoms with Crippen molar-refractivity contribution in [3.05, 3.63) is 90.0 Å². The number of H-pyrrole nitrogens is 1. The molecule has 2 aromatic carbocycles. The van der Waals surface area contributed by atoms with E-state index in [0.29, 0.717) is 18.7 Å². The lowest BCUT2D eigenvalue weighted by Crippen LogP contribution is -2.60. The number of amides is 7. The molecular weight excluding hydrogens is 732 g/mol. The highest BCUT2D eigenvalue weighted by Crippen LogP contribution is 2.12. The first-order valence-electron chi connectivity index (χ1n) is 19.3. The lowest BCUT2D eigenvalue weighted by Gasteiger charge is -2.28. The quantitative estimate of drug-likeness (QED) is 0.0988. The Balaban J connectivity index is 1.46. The second-order valence-corrected chi connectivity index (χ2v) is 14.9. The van der Waals surface area contributed by atoms with E-state index in [0.717, 1.165) is 17.5 Å². The zero-order valence-corrected chi connectivity index (χ0v) is 32.9. The van der Waals surface area contributed by atoms with Gasteiger partial charge < -0.3 is 35.9 Å². The van der Waals surface area contributed by atoms with Crippen LogP contribution in [0.15, 0.2) is 73.2 Å². The highest BCUT2D eigenvalue weighted by molar-refractivity contribution is 6.00. The fraction of sp³-hybridized carbons (Fsp3) is 0.463. The molecule has 1 aromatic heterocycles. The van der Waals surface area contributed by atoms with Crippen LogP contribution in [0.5, 0.6) is 0 Å². The SMILES string of the molecule is CC(C)C[C@H](NC(=O)[C@H](Cc1cnc[nH]1)NC(=O)[C@H](Cc1ccccc1)NC(=O)OCc1ccccc1)C(=O)N[C@H](C(=O)NC(=O)CCN1CCCC1=O)C(C)C. The van der Waals surface area contributed by atoms with Crippen molar-refractivity contribution < 1.29 is 38.3 Å². The Kier molecular flexibility index (Phi) is 16.8. The van der Waals surface area contributed by atoms with Gasteiger partial charge in [0.25, 0.3) is 0 Å². The van der Waals surface area contributed by atoms with Crippen LogP contribution in [0.3, 0.4) is 0 Å². The summed E-state index contributed by atoms with van der Waals surface area (Å²) < 4.78 is 5.39. The fourth-order valence-corrected chi connectivity index (χ4v) is 6.28. The first kappa shape index (κ1) is 43.7. The van der Waals surface area contributed by atoms with Crippen LogP contribution in [-0.2, 0) is 53.0 Å². The summed E-state index contributed by atoms with van der Waals surface area (Å²) in [5, 5.41) is 13.2. The highest BCUT2D eigenvalue weighted by Gasteiger charge is 2.34. The van der Waals surface area contributed by atoms with E-state index >= 15 is 0 Å². The van der Waals surface area contributed by atoms with Gasteiger partial charge in [-0.3, -0.25) is 34.1 Å². The van der Waals surface area contributed by atoms with Gasteiger partial charge in [-0.2, -0.15) is 0 Å². The predicted octanol–water partition coefficient (Wildman–Crippen LogP) is 2.30. The number of carbonyl (C=O) groups is 7. The Morgan fingerprint density at radius 2 is 1.39 bits per heavy atom. The molecule has 1 saturated heterocycles. The minimum Gasteiger partial charge on any atom is -0.445 e. The molecule has 306 valence electrons. The largest absolute Gasteiger partial charge is 0.445 e. The number of carbonyl (C=O) groups excluding carboxylic acids is 7. The molecule has 0 aliphatic carbocycles. The van der Waals surface area contributed by atoms with Gasteiger partial charge in [-0.05, 0) is 35.8 Å². The number of imide groups is 1. The number of nitrogens with zero attached hydrogens (tertiary/aromatic N) is 2. The Morgan fingerprint density at radius 3 is 1.96 bits per heavy atom. The van der Waals surface area contributed by atoms with Gasteiger partial charge >= 0.3 is 6.09 Å². The third-order valence-corrected chi connectivity index (χ3v) is 9.35. The number of hydrogen-bond donors (Lipinski definition) is 6. The van der Waals surface area contributed by atoms with E-state index in [1.54, 1.807) is 55.1 Å². The number of alkyl carbamates (subject to hydrolysis) is 1. The normalized spacial score (nSPS) is 14.6. The van der Waals surface area contributed by atoms with Crippen LogP contribution in [0, 0.1) is 11.8 Å². The molecule has 6 N–H and O–H groups in total. The third kappa shape index (κ3) is 14.5. The molecule has 1 fully saturated rings. The van der Waals surface area contributed by atoms with Crippen molar-refractivity contribution >= 4 is 41.5 Å². The summed E-state index contributed by atoms with van der Waals surface area (Å²) >= 11 is 0. The summed E-state index contributed by atoms with van der Waals surface area (Å²) in [4.78, 5) is 101. The van der Waals surface area contributed by atoms with Crippen LogP contribution < -0.4 is 26.6 Å². The Morgan fingerprint density at radius 1 is 0.772 bits per heavy atom. The van der Waals surface area contributed by atoms with Crippen molar-refractivity contribution in [3.8, 4) is 0 Å². The Hall–Kier alpha value is -6.06. The van der Waals surface area contributed by atoms with Gasteiger partial charge in [0.1, 0.15) is 30.8 Å². The first-order chi connectivity index (χ1) is 27.3. The third-order valence-electron chi connectivity index (χ3n) is 9.35. The summed E-state index contributed by atoms with van der Waals surface area (Å²) in [5.74, 6) is -3.85. The molecule has 16 nitrogen and oxygen atoms in total. The lowest BCUT2D eigenvalue weighted by atomic mass is 9.99. The molecule has 4 atom stereocenters. The van der Waals surface area contributed by atoms with Crippen LogP contribution in [0.4, 0.5) is 4.79 Å². The van der Waals surface area contributed by atoms with Crippen LogP contribution in [0.25, 0.3) is 0 Å². The minimum absolute atomic E-state index is 0.0208. The maximum atomic E-state index is 14.1. The maximum absolute atomic E-state index is 14.1. The Bertz CT molecular complexity index is 1800. The number of aromatic amines is 1. The highest BCUT2D eigenvalue weighted by atomic mass is 16.5. The van der Waals surface area contributed by atoms with Gasteiger partial charge in [-0.25, -0.2) is 9.78 Å². The molecule has 16 heteroatoms. The smallest absolute Gasteiger partial charge is 0.408 e. The van der Waals surface area contributed by atoms with Crippen LogP contribution in [0.2, 0.25) is 0 Å². The van der Waals surface area contributed by atoms with Crippen molar-refractivity contribution in [2.75, 3.05) is 13.1 Å². The number of likely N-dealkylation sites (tertiary alicyclic amines) is 1. The van der Waals surface area contributed by atoms with E-state index in [1.807, 2.05) is 38.1 Å². The number of hydrogen-bond acceptors (Lipinski definition) is 9. The first-order valence-corrected chi connectivity index (χ1v) is 19.3. The summed E-state index contributed by atoms with van der Waals surface area (Å²) in [6.45, 7) is 7.88. The van der Waals surface area contributed by atoms with Gasteiger partial charge in [0.2, 0.25) is 35.4 Å². The number of rotatable bonds is 20. The van der Waals surface area contributed by atoms with Gasteiger partial charge in [-0.1, -0.05) is 88.4 Å². The molecule has 0 spiro atoms. The van der Waals surface area contributed by atoms with Gasteiger partial charge in [0, 0.05) is 50.7 Å². The zero-order chi connectivity index (χ0) is 41.3. The molecular formula is C41H54N8O8. The van der Waals surface area contributed by atoms with E-state index in [2.05, 4.69) is 36.6 Å². The van der Waals surface area contributed by atoms with Crippen molar-refractivity contribution in [1.82, 2.24) is 41.5 Å². The van der Waals surface area contributed by atoms with Crippen LogP contribution >= 0.6 is 0 Å². The summed E-state index contributed by atoms with van der Waals surface area (Å²) in [6.07, 6.45) is 3.43. The number of ether oxygens (including phenoxy) is 1. The number of aromatic nitrogens is 2. The monoisotopic (exact) mass is 786 g/mol. The molecule has 1 aliphatic heterocycles. The second kappa shape index (κ2) is 21.9. The van der Waals surface area contributed by atoms with Crippen molar-refractivity contribution in [1.29, 1.82) is 0 Å².